The number of benzene rings is 1. The van der Waals surface area contributed by atoms with E-state index in [0.29, 0.717) is 10.2 Å². The van der Waals surface area contributed by atoms with Crippen molar-refractivity contribution in [3.8, 4) is 11.3 Å². The number of nitrogens with one attached hydrogen (secondary N) is 1. The molecule has 1 aromatic carbocycles. The van der Waals surface area contributed by atoms with E-state index in [1.165, 1.54) is 17.0 Å². The van der Waals surface area contributed by atoms with Crippen molar-refractivity contribution in [3.05, 3.63) is 56.1 Å². The summed E-state index contributed by atoms with van der Waals surface area (Å²) >= 11 is 4.93. The maximum absolute atomic E-state index is 14.0. The predicted molar refractivity (Wildman–Crippen MR) is 96.0 cm³/mol. The number of halogens is 2. The maximum atomic E-state index is 14.0. The molecule has 0 atom stereocenters. The van der Waals surface area contributed by atoms with E-state index in [-0.39, 0.29) is 11.6 Å². The molecule has 0 spiro atoms. The van der Waals surface area contributed by atoms with E-state index in [4.69, 9.17) is 0 Å². The highest BCUT2D eigenvalue weighted by Gasteiger charge is 2.28. The Kier molecular flexibility index (Phi) is 3.77. The van der Waals surface area contributed by atoms with Gasteiger partial charge in [0.2, 0.25) is 0 Å². The van der Waals surface area contributed by atoms with Crippen LogP contribution in [0, 0.1) is 5.82 Å². The molecular weight excluding hydrogens is 393 g/mol. The van der Waals surface area contributed by atoms with Crippen molar-refractivity contribution in [1.29, 1.82) is 0 Å². The maximum Gasteiger partial charge on any atom is 0.276 e. The van der Waals surface area contributed by atoms with Crippen LogP contribution < -0.4 is 5.32 Å². The molecule has 1 aliphatic rings. The first-order valence-corrected chi connectivity index (χ1v) is 9.11. The predicted octanol–water partition coefficient (Wildman–Crippen LogP) is 4.40. The summed E-state index contributed by atoms with van der Waals surface area (Å²) in [6, 6.07) is 6.60. The third-order valence-corrected chi connectivity index (χ3v) is 5.62. The lowest BCUT2D eigenvalue weighted by molar-refractivity contribution is 0.102. The zero-order valence-corrected chi connectivity index (χ0v) is 15.2. The molecule has 0 unspecified atom stereocenters. The molecule has 0 radical (unpaired) electrons. The molecule has 1 N–H and O–H groups in total. The largest absolute Gasteiger partial charge is 0.318 e. The summed E-state index contributed by atoms with van der Waals surface area (Å²) in [6.07, 6.45) is 1.67. The number of aromatic nitrogens is 2. The van der Waals surface area contributed by atoms with Crippen LogP contribution in [0.4, 0.5) is 10.1 Å². The molecule has 4 nitrogen and oxygen atoms in total. The lowest BCUT2D eigenvalue weighted by atomic mass is 9.94. The highest BCUT2D eigenvalue weighted by Crippen LogP contribution is 2.38. The minimum atomic E-state index is -0.484. The molecule has 3 aromatic rings. The molecule has 1 amide bonds. The van der Waals surface area contributed by atoms with Gasteiger partial charge >= 0.3 is 0 Å². The van der Waals surface area contributed by atoms with Gasteiger partial charge < -0.3 is 5.32 Å². The first kappa shape index (κ1) is 15.5. The number of hydrogen-bond acceptors (Lipinski definition) is 3. The van der Waals surface area contributed by atoms with Crippen LogP contribution in [-0.4, -0.2) is 15.7 Å². The Hall–Kier alpha value is -1.99. The Labute approximate surface area is 150 Å². The summed E-state index contributed by atoms with van der Waals surface area (Å²) < 4.78 is 16.3. The third kappa shape index (κ3) is 2.48. The van der Waals surface area contributed by atoms with E-state index in [1.54, 1.807) is 22.1 Å². The van der Waals surface area contributed by atoms with Gasteiger partial charge in [-0.1, -0.05) is 15.9 Å². The van der Waals surface area contributed by atoms with Crippen LogP contribution in [0.3, 0.4) is 0 Å². The number of amides is 1. The molecule has 0 aliphatic heterocycles. The molecule has 1 aliphatic carbocycles. The van der Waals surface area contributed by atoms with Crippen LogP contribution in [0.5, 0.6) is 0 Å². The van der Waals surface area contributed by atoms with Gasteiger partial charge in [-0.15, -0.1) is 11.3 Å². The molecule has 7 heteroatoms. The number of hydrogen-bond donors (Lipinski definition) is 1. The van der Waals surface area contributed by atoms with Gasteiger partial charge in [-0.05, 0) is 42.5 Å². The fraction of sp³-hybridized carbons (Fsp3) is 0.176. The van der Waals surface area contributed by atoms with Crippen LogP contribution >= 0.6 is 27.3 Å². The van der Waals surface area contributed by atoms with Crippen molar-refractivity contribution in [2.24, 2.45) is 7.05 Å². The van der Waals surface area contributed by atoms with Crippen LogP contribution in [-0.2, 0) is 19.9 Å². The lowest BCUT2D eigenvalue weighted by Gasteiger charge is -2.13. The summed E-state index contributed by atoms with van der Waals surface area (Å²) in [5.74, 6) is -0.866. The van der Waals surface area contributed by atoms with E-state index < -0.39 is 5.82 Å². The van der Waals surface area contributed by atoms with Crippen molar-refractivity contribution >= 4 is 38.9 Å². The Morgan fingerprint density at radius 2 is 2.21 bits per heavy atom. The van der Waals surface area contributed by atoms with E-state index in [0.717, 1.165) is 29.7 Å². The minimum absolute atomic E-state index is 0.148. The molecule has 0 fully saturated rings. The molecule has 4 rings (SSSR count). The molecule has 122 valence electrons. The zero-order chi connectivity index (χ0) is 16.8. The van der Waals surface area contributed by atoms with Crippen LogP contribution in [0.25, 0.3) is 11.3 Å². The van der Waals surface area contributed by atoms with Gasteiger partial charge in [0.1, 0.15) is 5.82 Å². The average molecular weight is 406 g/mol. The number of anilines is 1. The van der Waals surface area contributed by atoms with Crippen molar-refractivity contribution in [2.45, 2.75) is 12.8 Å². The number of nitrogens with zero attached hydrogens (tertiary/aromatic N) is 2. The van der Waals surface area contributed by atoms with Gasteiger partial charge in [0.15, 0.2) is 5.69 Å². The molecule has 2 heterocycles. The normalized spacial score (nSPS) is 12.6. The number of aryl methyl sites for hydroxylation is 2. The van der Waals surface area contributed by atoms with E-state index in [9.17, 15) is 9.18 Å². The fourth-order valence-corrected chi connectivity index (χ4v) is 4.29. The van der Waals surface area contributed by atoms with Crippen molar-refractivity contribution in [2.75, 3.05) is 5.32 Å². The van der Waals surface area contributed by atoms with Gasteiger partial charge in [-0.2, -0.15) is 5.10 Å². The first-order valence-electron chi connectivity index (χ1n) is 7.43. The second-order valence-corrected chi connectivity index (χ2v) is 7.55. The van der Waals surface area contributed by atoms with Gasteiger partial charge in [0.05, 0.1) is 11.4 Å². The molecule has 0 saturated heterocycles. The Morgan fingerprint density at radius 1 is 1.38 bits per heavy atom. The van der Waals surface area contributed by atoms with Crippen molar-refractivity contribution in [1.82, 2.24) is 9.78 Å². The second kappa shape index (κ2) is 5.82. The standard InChI is InChI=1S/C17H13BrFN3OS/c1-22-16-10-6-7-24-14(10)5-3-11(16)15(21-22)17(23)20-13-4-2-9(18)8-12(13)19/h2,4,6-8H,3,5H2,1H3,(H,20,23). The van der Waals surface area contributed by atoms with Crippen LogP contribution in [0.2, 0.25) is 0 Å². The van der Waals surface area contributed by atoms with Gasteiger partial charge in [0.25, 0.3) is 5.91 Å². The molecule has 0 saturated carbocycles. The molecular formula is C17H13BrFN3OS. The summed E-state index contributed by atoms with van der Waals surface area (Å²) in [5, 5.41) is 9.08. The Bertz CT molecular complexity index is 963. The number of thiophene rings is 1. The van der Waals surface area contributed by atoms with Gasteiger partial charge in [0, 0.05) is 27.5 Å². The first-order chi connectivity index (χ1) is 11.5. The van der Waals surface area contributed by atoms with Crippen molar-refractivity contribution in [3.63, 3.8) is 0 Å². The average Bonchev–Trinajstić information content (AvgIpc) is 3.14. The van der Waals surface area contributed by atoms with E-state index in [2.05, 4.69) is 37.8 Å². The number of fused-ring (bicyclic) bond motifs is 3. The summed E-state index contributed by atoms with van der Waals surface area (Å²) in [7, 11) is 1.84. The number of carbonyl (C=O) groups is 1. The lowest BCUT2D eigenvalue weighted by Crippen LogP contribution is -2.16. The topological polar surface area (TPSA) is 46.9 Å². The molecule has 24 heavy (non-hydrogen) atoms. The minimum Gasteiger partial charge on any atom is -0.318 e. The molecule has 0 bridgehead atoms. The van der Waals surface area contributed by atoms with Crippen LogP contribution in [0.1, 0.15) is 20.9 Å². The van der Waals surface area contributed by atoms with E-state index in [1.807, 2.05) is 7.05 Å². The van der Waals surface area contributed by atoms with Gasteiger partial charge in [-0.3, -0.25) is 9.48 Å². The summed E-state index contributed by atoms with van der Waals surface area (Å²) in [6.45, 7) is 0. The highest BCUT2D eigenvalue weighted by atomic mass is 79.9. The third-order valence-electron chi connectivity index (χ3n) is 4.14. The molecule has 2 aromatic heterocycles. The SMILES string of the molecule is Cn1nc(C(=O)Nc2ccc(Br)cc2F)c2c1-c1ccsc1CC2. The Balaban J connectivity index is 1.71. The summed E-state index contributed by atoms with van der Waals surface area (Å²) in [4.78, 5) is 13.9. The van der Waals surface area contributed by atoms with Crippen LogP contribution in [0.15, 0.2) is 34.1 Å². The fourth-order valence-electron chi connectivity index (χ4n) is 3.08. The quantitative estimate of drug-likeness (QED) is 0.686. The second-order valence-electron chi connectivity index (χ2n) is 5.64. The van der Waals surface area contributed by atoms with Crippen molar-refractivity contribution < 1.29 is 9.18 Å². The zero-order valence-electron chi connectivity index (χ0n) is 12.8. The summed E-state index contributed by atoms with van der Waals surface area (Å²) in [5.41, 5.74) is 3.57. The van der Waals surface area contributed by atoms with Gasteiger partial charge in [-0.25, -0.2) is 4.39 Å². The highest BCUT2D eigenvalue weighted by molar-refractivity contribution is 9.10. The number of rotatable bonds is 2. The smallest absolute Gasteiger partial charge is 0.276 e. The van der Waals surface area contributed by atoms with E-state index >= 15 is 0 Å². The number of carbonyl (C=O) groups excluding carboxylic acids is 1. The Morgan fingerprint density at radius 3 is 3.00 bits per heavy atom. The monoisotopic (exact) mass is 405 g/mol.